The first-order chi connectivity index (χ1) is 14.8. The summed E-state index contributed by atoms with van der Waals surface area (Å²) in [6.45, 7) is 0. The standard InChI is InChI=1S/C23H15N5O2/c29-16-8-9-17-18(11-16)30-23-20(19(17)15-7-4-10-24-12-15)22-26-21(27-28(22)13-25-23)14-5-2-1-3-6-14/h1-13,19,29H/t19-/m0/s1. The molecule has 1 N–H and O–H groups in total. The van der Waals surface area contributed by atoms with Gasteiger partial charge in [-0.2, -0.15) is 0 Å². The zero-order valence-corrected chi connectivity index (χ0v) is 15.7. The molecule has 0 aliphatic carbocycles. The fraction of sp³-hybridized carbons (Fsp3) is 0.0435. The Labute approximate surface area is 171 Å². The topological polar surface area (TPSA) is 85.4 Å². The third-order valence-electron chi connectivity index (χ3n) is 5.24. The van der Waals surface area contributed by atoms with Gasteiger partial charge in [0.1, 0.15) is 17.8 Å². The number of pyridine rings is 1. The predicted molar refractivity (Wildman–Crippen MR) is 110 cm³/mol. The van der Waals surface area contributed by atoms with E-state index in [0.717, 1.165) is 22.3 Å². The van der Waals surface area contributed by atoms with Crippen molar-refractivity contribution in [2.75, 3.05) is 0 Å². The molecule has 1 aliphatic heterocycles. The lowest BCUT2D eigenvalue weighted by atomic mass is 9.84. The largest absolute Gasteiger partial charge is 0.508 e. The van der Waals surface area contributed by atoms with E-state index in [2.05, 4.69) is 15.1 Å². The summed E-state index contributed by atoms with van der Waals surface area (Å²) in [6.07, 6.45) is 5.17. The van der Waals surface area contributed by atoms with Crippen LogP contribution in [0.15, 0.2) is 79.4 Å². The number of nitrogens with zero attached hydrogens (tertiary/aromatic N) is 5. The first-order valence-electron chi connectivity index (χ1n) is 9.49. The van der Waals surface area contributed by atoms with Crippen LogP contribution in [0.5, 0.6) is 17.4 Å². The molecule has 0 amide bonds. The minimum atomic E-state index is -0.206. The highest BCUT2D eigenvalue weighted by Crippen LogP contribution is 2.48. The third-order valence-corrected chi connectivity index (χ3v) is 5.24. The van der Waals surface area contributed by atoms with E-state index >= 15 is 0 Å². The summed E-state index contributed by atoms with van der Waals surface area (Å²) in [5.74, 6) is 1.56. The Balaban J connectivity index is 1.63. The molecule has 0 saturated carbocycles. The van der Waals surface area contributed by atoms with E-state index in [-0.39, 0.29) is 11.7 Å². The van der Waals surface area contributed by atoms with E-state index in [4.69, 9.17) is 9.72 Å². The molecule has 2 aromatic carbocycles. The van der Waals surface area contributed by atoms with Crippen LogP contribution in [0.1, 0.15) is 22.6 Å². The molecule has 30 heavy (non-hydrogen) atoms. The van der Waals surface area contributed by atoms with Crippen molar-refractivity contribution in [3.8, 4) is 28.8 Å². The van der Waals surface area contributed by atoms with Crippen molar-refractivity contribution >= 4 is 5.65 Å². The summed E-state index contributed by atoms with van der Waals surface area (Å²) < 4.78 is 7.74. The van der Waals surface area contributed by atoms with E-state index in [1.807, 2.05) is 54.7 Å². The van der Waals surface area contributed by atoms with Crippen LogP contribution in [0.3, 0.4) is 0 Å². The molecule has 1 atom stereocenters. The average Bonchev–Trinajstić information content (AvgIpc) is 3.23. The molecule has 4 heterocycles. The zero-order valence-electron chi connectivity index (χ0n) is 15.7. The lowest BCUT2D eigenvalue weighted by Crippen LogP contribution is -2.15. The van der Waals surface area contributed by atoms with Crippen LogP contribution < -0.4 is 4.74 Å². The van der Waals surface area contributed by atoms with Crippen molar-refractivity contribution in [1.29, 1.82) is 0 Å². The summed E-state index contributed by atoms with van der Waals surface area (Å²) in [4.78, 5) is 13.6. The lowest BCUT2D eigenvalue weighted by Gasteiger charge is -2.27. The predicted octanol–water partition coefficient (Wildman–Crippen LogP) is 4.18. The van der Waals surface area contributed by atoms with Crippen molar-refractivity contribution in [3.05, 3.63) is 96.1 Å². The number of phenols is 1. The molecular formula is C23H15N5O2. The fourth-order valence-corrected chi connectivity index (χ4v) is 3.91. The Morgan fingerprint density at radius 3 is 2.73 bits per heavy atom. The molecule has 3 aromatic heterocycles. The van der Waals surface area contributed by atoms with E-state index < -0.39 is 0 Å². The van der Waals surface area contributed by atoms with Crippen LogP contribution in [0.25, 0.3) is 17.0 Å². The van der Waals surface area contributed by atoms with Gasteiger partial charge in [0, 0.05) is 35.5 Å². The summed E-state index contributed by atoms with van der Waals surface area (Å²) in [5.41, 5.74) is 4.31. The summed E-state index contributed by atoms with van der Waals surface area (Å²) in [5, 5.41) is 14.6. The minimum Gasteiger partial charge on any atom is -0.508 e. The fourth-order valence-electron chi connectivity index (χ4n) is 3.91. The zero-order chi connectivity index (χ0) is 20.1. The molecule has 7 nitrogen and oxygen atoms in total. The van der Waals surface area contributed by atoms with E-state index in [1.165, 1.54) is 0 Å². The van der Waals surface area contributed by atoms with Gasteiger partial charge in [-0.15, -0.1) is 5.10 Å². The van der Waals surface area contributed by atoms with Crippen LogP contribution in [0, 0.1) is 0 Å². The van der Waals surface area contributed by atoms with Crippen molar-refractivity contribution in [1.82, 2.24) is 24.6 Å². The molecule has 7 heteroatoms. The second-order valence-corrected chi connectivity index (χ2v) is 7.08. The van der Waals surface area contributed by atoms with Crippen molar-refractivity contribution < 1.29 is 9.84 Å². The van der Waals surface area contributed by atoms with Gasteiger partial charge in [0.2, 0.25) is 5.88 Å². The highest BCUT2D eigenvalue weighted by Gasteiger charge is 2.33. The number of aromatic hydroxyl groups is 1. The number of phenolic OH excluding ortho intramolecular Hbond substituents is 1. The van der Waals surface area contributed by atoms with Crippen LogP contribution >= 0.6 is 0 Å². The Hall–Kier alpha value is -4.26. The highest BCUT2D eigenvalue weighted by atomic mass is 16.5. The third kappa shape index (κ3) is 2.52. The molecule has 144 valence electrons. The molecule has 0 radical (unpaired) electrons. The smallest absolute Gasteiger partial charge is 0.228 e. The van der Waals surface area contributed by atoms with Crippen LogP contribution in [0.2, 0.25) is 0 Å². The Morgan fingerprint density at radius 1 is 1.00 bits per heavy atom. The van der Waals surface area contributed by atoms with E-state index in [0.29, 0.717) is 23.1 Å². The van der Waals surface area contributed by atoms with Gasteiger partial charge in [0.05, 0.1) is 5.56 Å². The molecule has 6 rings (SSSR count). The van der Waals surface area contributed by atoms with Gasteiger partial charge in [-0.3, -0.25) is 4.98 Å². The Bertz CT molecular complexity index is 1380. The van der Waals surface area contributed by atoms with E-state index in [1.54, 1.807) is 29.2 Å². The Morgan fingerprint density at radius 2 is 1.90 bits per heavy atom. The second kappa shape index (κ2) is 6.38. The maximum absolute atomic E-state index is 9.95. The average molecular weight is 393 g/mol. The second-order valence-electron chi connectivity index (χ2n) is 7.08. The number of ether oxygens (including phenoxy) is 1. The molecule has 0 fully saturated rings. The first-order valence-corrected chi connectivity index (χ1v) is 9.49. The first kappa shape index (κ1) is 16.7. The van der Waals surface area contributed by atoms with Crippen molar-refractivity contribution in [3.63, 3.8) is 0 Å². The summed E-state index contributed by atoms with van der Waals surface area (Å²) in [6, 6.07) is 18.9. The van der Waals surface area contributed by atoms with Gasteiger partial charge >= 0.3 is 0 Å². The van der Waals surface area contributed by atoms with Gasteiger partial charge in [0.15, 0.2) is 11.5 Å². The normalized spacial score (nSPS) is 14.7. The van der Waals surface area contributed by atoms with Crippen LogP contribution in [0.4, 0.5) is 0 Å². The van der Waals surface area contributed by atoms with Crippen molar-refractivity contribution in [2.45, 2.75) is 5.92 Å². The number of hydrogen-bond acceptors (Lipinski definition) is 6. The van der Waals surface area contributed by atoms with Gasteiger partial charge in [-0.25, -0.2) is 14.5 Å². The van der Waals surface area contributed by atoms with Gasteiger partial charge < -0.3 is 9.84 Å². The number of hydrogen-bond donors (Lipinski definition) is 1. The highest BCUT2D eigenvalue weighted by molar-refractivity contribution is 5.68. The molecule has 0 saturated heterocycles. The molecule has 0 bridgehead atoms. The lowest BCUT2D eigenvalue weighted by molar-refractivity contribution is 0.422. The molecule has 0 spiro atoms. The maximum atomic E-state index is 9.95. The summed E-state index contributed by atoms with van der Waals surface area (Å²) >= 11 is 0. The molecule has 1 aliphatic rings. The number of fused-ring (bicyclic) bond motifs is 4. The van der Waals surface area contributed by atoms with Crippen LogP contribution in [-0.4, -0.2) is 29.7 Å². The van der Waals surface area contributed by atoms with Gasteiger partial charge in [-0.1, -0.05) is 42.5 Å². The van der Waals surface area contributed by atoms with Crippen molar-refractivity contribution in [2.24, 2.45) is 0 Å². The van der Waals surface area contributed by atoms with Crippen LogP contribution in [-0.2, 0) is 0 Å². The monoisotopic (exact) mass is 393 g/mol. The van der Waals surface area contributed by atoms with E-state index in [9.17, 15) is 5.11 Å². The maximum Gasteiger partial charge on any atom is 0.228 e. The molecule has 5 aromatic rings. The van der Waals surface area contributed by atoms with Gasteiger partial charge in [0.25, 0.3) is 0 Å². The number of benzene rings is 2. The summed E-state index contributed by atoms with van der Waals surface area (Å²) in [7, 11) is 0. The number of aromatic nitrogens is 5. The quantitative estimate of drug-likeness (QED) is 0.475. The molecular weight excluding hydrogens is 378 g/mol. The number of rotatable bonds is 2. The minimum absolute atomic E-state index is 0.136. The van der Waals surface area contributed by atoms with Gasteiger partial charge in [-0.05, 0) is 17.7 Å². The Kier molecular flexibility index (Phi) is 3.55. The SMILES string of the molecule is Oc1ccc2c(c1)Oc1ncn3nc(-c4ccccc4)nc3c1[C@H]2c1cccnc1. The molecule has 0 unspecified atom stereocenters.